The van der Waals surface area contributed by atoms with Gasteiger partial charge in [0.25, 0.3) is 5.09 Å². The van der Waals surface area contributed by atoms with E-state index in [0.29, 0.717) is 6.42 Å². The molecular weight excluding hydrogens is 762 g/mol. The predicted octanol–water partition coefficient (Wildman–Crippen LogP) is 2.44. The molecule has 4 rings (SSSR count). The summed E-state index contributed by atoms with van der Waals surface area (Å²) >= 11 is 0. The average Bonchev–Trinajstić information content (AvgIpc) is 3.41. The number of nitrogens with zero attached hydrogens (tertiary/aromatic N) is 3. The van der Waals surface area contributed by atoms with Crippen molar-refractivity contribution in [3.05, 3.63) is 10.1 Å². The van der Waals surface area contributed by atoms with Crippen molar-refractivity contribution in [1.82, 2.24) is 9.80 Å². The highest BCUT2D eigenvalue weighted by molar-refractivity contribution is 5.85. The maximum Gasteiger partial charge on any atom is 0.311 e. The van der Waals surface area contributed by atoms with Crippen molar-refractivity contribution < 1.29 is 68.0 Å². The number of fused-ring (bicyclic) bond motifs is 2. The fraction of sp³-hybridized carbons (Fsp3) is 0.950. The van der Waals surface area contributed by atoms with E-state index in [9.17, 15) is 35.0 Å². The first kappa shape index (κ1) is 48.6. The van der Waals surface area contributed by atoms with Crippen LogP contribution >= 0.6 is 0 Å². The van der Waals surface area contributed by atoms with E-state index in [1.54, 1.807) is 79.4 Å². The molecule has 0 aliphatic carbocycles. The number of carbonyl (C=O) groups is 2. The standard InChI is InChI=1S/C40H71N3O15/c1-16-28-39(11,48)34-24(6)42(14)40(57-34,26(8)44)20(2)18-37(9,47)33(56-36-31(58-43(49)50)27(41(12)13)17-21(3)52-36)22(4)30(23(5)35(46)54-28)55-29-19-38(10,51-15)32(45)25(7)53-29/h20-25,27-34,36,45,47-48H,16-19H2,1-15H3/t20-,21-,22+,23-,24-,25+,27+,28-,29+,30+,31-,32+,33-,34-,36+,37-,38-,39-,40?/m1/s1. The third-order valence-corrected chi connectivity index (χ3v) is 13.6. The number of aliphatic hydroxyl groups is 3. The number of carbonyl (C=O) groups excluding carboxylic acids is 2. The molecule has 0 aromatic rings. The second-order valence-corrected chi connectivity index (χ2v) is 18.3. The van der Waals surface area contributed by atoms with Crippen molar-refractivity contribution in [2.75, 3.05) is 28.3 Å². The van der Waals surface area contributed by atoms with Crippen LogP contribution in [0.3, 0.4) is 0 Å². The van der Waals surface area contributed by atoms with Gasteiger partial charge in [0.05, 0.1) is 41.5 Å². The summed E-state index contributed by atoms with van der Waals surface area (Å²) < 4.78 is 44.5. The van der Waals surface area contributed by atoms with Gasteiger partial charge in [-0.1, -0.05) is 20.8 Å². The topological polar surface area (TPSA) is 218 Å². The monoisotopic (exact) mass is 833 g/mol. The van der Waals surface area contributed by atoms with Gasteiger partial charge in [0.1, 0.15) is 23.9 Å². The van der Waals surface area contributed by atoms with Crippen molar-refractivity contribution in [2.45, 2.75) is 198 Å². The number of cyclic esters (lactones) is 1. The Balaban J connectivity index is 1.94. The van der Waals surface area contributed by atoms with Crippen LogP contribution in [0.5, 0.6) is 0 Å². The van der Waals surface area contributed by atoms with Gasteiger partial charge < -0.3 is 58.2 Å². The molecule has 0 aromatic carbocycles. The fourth-order valence-electron chi connectivity index (χ4n) is 10.2. The highest BCUT2D eigenvalue weighted by Gasteiger charge is 2.63. The molecule has 4 aliphatic heterocycles. The summed E-state index contributed by atoms with van der Waals surface area (Å²) in [7, 11) is 6.72. The number of esters is 1. The van der Waals surface area contributed by atoms with E-state index >= 15 is 0 Å². The SMILES string of the molecule is CC[C@H]1OC(=O)[C@H](C)[C@@H](O[C@H]2C[C@@](C)(OC)[C@@H](O)[C@H](C)O2)[C@H](C)[C@@H](O[C@@H]2O[C@H](C)C[C@H](N(C)C)[C@H]2O[N+](=O)[O-])[C@](C)(O)C[C@@H](C)C2(C(C)=O)O[C@H]([C@@H](C)N2C)[C@]1(C)O. The van der Waals surface area contributed by atoms with Gasteiger partial charge in [-0.25, -0.2) is 0 Å². The van der Waals surface area contributed by atoms with Crippen LogP contribution < -0.4 is 0 Å². The van der Waals surface area contributed by atoms with Gasteiger partial charge >= 0.3 is 5.97 Å². The summed E-state index contributed by atoms with van der Waals surface area (Å²) in [6, 6.07) is -1.09. The second kappa shape index (κ2) is 18.1. The van der Waals surface area contributed by atoms with Crippen molar-refractivity contribution >= 4 is 11.8 Å². The molecule has 18 nitrogen and oxygen atoms in total. The van der Waals surface area contributed by atoms with E-state index in [1.807, 2.05) is 6.92 Å². The lowest BCUT2D eigenvalue weighted by atomic mass is 9.75. The molecule has 336 valence electrons. The third kappa shape index (κ3) is 9.22. The Morgan fingerprint density at radius 1 is 1.03 bits per heavy atom. The Morgan fingerprint density at radius 3 is 2.19 bits per heavy atom. The molecule has 0 radical (unpaired) electrons. The number of Topliss-reactive ketones (excluding diaryl/α,β-unsaturated/α-hetero) is 1. The van der Waals surface area contributed by atoms with Crippen LogP contribution in [0.1, 0.15) is 102 Å². The number of methoxy groups -OCH3 is 1. The summed E-state index contributed by atoms with van der Waals surface area (Å²) in [6.45, 7) is 18.3. The first-order chi connectivity index (χ1) is 26.7. The minimum absolute atomic E-state index is 0.0577. The molecule has 1 unspecified atom stereocenters. The van der Waals surface area contributed by atoms with E-state index in [2.05, 4.69) is 0 Å². The first-order valence-electron chi connectivity index (χ1n) is 20.6. The lowest BCUT2D eigenvalue weighted by molar-refractivity contribution is -0.775. The van der Waals surface area contributed by atoms with Gasteiger partial charge in [0, 0.05) is 37.5 Å². The minimum atomic E-state index is -1.90. The lowest BCUT2D eigenvalue weighted by Gasteiger charge is -2.50. The predicted molar refractivity (Wildman–Crippen MR) is 207 cm³/mol. The van der Waals surface area contributed by atoms with Gasteiger partial charge in [-0.2, -0.15) is 0 Å². The number of rotatable bonds is 10. The highest BCUT2D eigenvalue weighted by Crippen LogP contribution is 2.47. The normalized spacial score (nSPS) is 48.6. The van der Waals surface area contributed by atoms with Crippen LogP contribution in [-0.4, -0.2) is 166 Å². The fourth-order valence-corrected chi connectivity index (χ4v) is 10.2. The Hall–Kier alpha value is -2.10. The van der Waals surface area contributed by atoms with E-state index < -0.39 is 125 Å². The van der Waals surface area contributed by atoms with Gasteiger partial charge in [-0.05, 0) is 95.8 Å². The molecule has 58 heavy (non-hydrogen) atoms. The van der Waals surface area contributed by atoms with E-state index in [0.717, 1.165) is 0 Å². The van der Waals surface area contributed by atoms with E-state index in [-0.39, 0.29) is 25.0 Å². The molecule has 2 bridgehead atoms. The zero-order valence-electron chi connectivity index (χ0n) is 37.1. The number of ketones is 1. The van der Waals surface area contributed by atoms with Gasteiger partial charge in [-0.3, -0.25) is 14.5 Å². The summed E-state index contributed by atoms with van der Waals surface area (Å²) in [5.74, 6) is -3.93. The molecule has 0 saturated carbocycles. The zero-order chi connectivity index (χ0) is 44.0. The second-order valence-electron chi connectivity index (χ2n) is 18.3. The maximum absolute atomic E-state index is 14.5. The smallest absolute Gasteiger partial charge is 0.311 e. The number of likely N-dealkylation sites (N-methyl/N-ethyl adjacent to an activating group) is 2. The lowest BCUT2D eigenvalue weighted by Crippen LogP contribution is -2.62. The summed E-state index contributed by atoms with van der Waals surface area (Å²) in [5.41, 5.74) is -6.42. The minimum Gasteiger partial charge on any atom is -0.459 e. The molecule has 18 heteroatoms. The summed E-state index contributed by atoms with van der Waals surface area (Å²) in [6.07, 6.45) is -9.99. The molecule has 3 N–H and O–H groups in total. The van der Waals surface area contributed by atoms with E-state index in [1.165, 1.54) is 27.9 Å². The maximum atomic E-state index is 14.5. The molecule has 4 fully saturated rings. The van der Waals surface area contributed by atoms with Crippen LogP contribution in [0.15, 0.2) is 0 Å². The third-order valence-electron chi connectivity index (χ3n) is 13.6. The quantitative estimate of drug-likeness (QED) is 0.164. The van der Waals surface area contributed by atoms with Crippen LogP contribution in [0.25, 0.3) is 0 Å². The average molecular weight is 834 g/mol. The van der Waals surface area contributed by atoms with Gasteiger partial charge in [0.2, 0.25) is 0 Å². The van der Waals surface area contributed by atoms with Crippen molar-refractivity contribution in [3.8, 4) is 0 Å². The Labute approximate surface area is 343 Å². The number of hydrogen-bond donors (Lipinski definition) is 3. The molecule has 0 amide bonds. The molecule has 4 aliphatic rings. The molecule has 4 heterocycles. The molecular formula is C40H71N3O15. The van der Waals surface area contributed by atoms with Crippen molar-refractivity contribution in [3.63, 3.8) is 0 Å². The molecule has 4 saturated heterocycles. The van der Waals surface area contributed by atoms with Crippen molar-refractivity contribution in [1.29, 1.82) is 0 Å². The Morgan fingerprint density at radius 2 is 1.66 bits per heavy atom. The zero-order valence-corrected chi connectivity index (χ0v) is 37.1. The number of aliphatic hydroxyl groups excluding tert-OH is 1. The molecule has 19 atom stereocenters. The van der Waals surface area contributed by atoms with Crippen LogP contribution in [0, 0.1) is 27.9 Å². The van der Waals surface area contributed by atoms with Crippen LogP contribution in [-0.2, 0) is 47.6 Å². The van der Waals surface area contributed by atoms with Gasteiger partial charge in [0.15, 0.2) is 30.2 Å². The first-order valence-corrected chi connectivity index (χ1v) is 20.6. The highest BCUT2D eigenvalue weighted by atomic mass is 17.0. The van der Waals surface area contributed by atoms with Gasteiger partial charge in [-0.15, -0.1) is 10.1 Å². The van der Waals surface area contributed by atoms with Crippen LogP contribution in [0.4, 0.5) is 0 Å². The Bertz CT molecular complexity index is 1450. The molecule has 0 aromatic heterocycles. The summed E-state index contributed by atoms with van der Waals surface area (Å²) in [4.78, 5) is 49.1. The molecule has 0 spiro atoms. The van der Waals surface area contributed by atoms with Crippen molar-refractivity contribution in [2.24, 2.45) is 17.8 Å². The summed E-state index contributed by atoms with van der Waals surface area (Å²) in [5, 5.41) is 47.2. The number of ether oxygens (including phenoxy) is 7. The van der Waals surface area contributed by atoms with E-state index in [4.69, 9.17) is 38.0 Å². The largest absolute Gasteiger partial charge is 0.459 e. The Kier molecular flexibility index (Phi) is 15.1. The number of hydrogen-bond acceptors (Lipinski definition) is 17. The van der Waals surface area contributed by atoms with Crippen LogP contribution in [0.2, 0.25) is 0 Å².